The van der Waals surface area contributed by atoms with E-state index in [9.17, 15) is 9.59 Å². The molecule has 4 heteroatoms. The van der Waals surface area contributed by atoms with Gasteiger partial charge < -0.3 is 10.6 Å². The standard InChI is InChI=1S/C20H24N2O2/c1-14(2)18(17-12-8-5-9-13-17)22-20(24)19(23)21-15(3)16-10-6-4-7-11-16/h4-15,18H,1-3H3,(H,21,23)(H,22,24)/t15-,18+/m0/s1. The second-order valence-electron chi connectivity index (χ2n) is 6.21. The highest BCUT2D eigenvalue weighted by Gasteiger charge is 2.23. The first-order valence-corrected chi connectivity index (χ1v) is 8.20. The van der Waals surface area contributed by atoms with Gasteiger partial charge in [-0.1, -0.05) is 74.5 Å². The smallest absolute Gasteiger partial charge is 0.309 e. The minimum Gasteiger partial charge on any atom is -0.341 e. The summed E-state index contributed by atoms with van der Waals surface area (Å²) in [4.78, 5) is 24.5. The van der Waals surface area contributed by atoms with Crippen LogP contribution in [0.3, 0.4) is 0 Å². The van der Waals surface area contributed by atoms with Crippen LogP contribution >= 0.6 is 0 Å². The third-order valence-electron chi connectivity index (χ3n) is 3.97. The lowest BCUT2D eigenvalue weighted by Gasteiger charge is -2.23. The summed E-state index contributed by atoms with van der Waals surface area (Å²) in [5, 5.41) is 5.58. The highest BCUT2D eigenvalue weighted by molar-refractivity contribution is 6.35. The molecule has 126 valence electrons. The molecule has 0 saturated heterocycles. The van der Waals surface area contributed by atoms with Crippen LogP contribution in [0.25, 0.3) is 0 Å². The van der Waals surface area contributed by atoms with Gasteiger partial charge in [-0.25, -0.2) is 0 Å². The van der Waals surface area contributed by atoms with Crippen molar-refractivity contribution in [3.8, 4) is 0 Å². The van der Waals surface area contributed by atoms with Gasteiger partial charge >= 0.3 is 11.8 Å². The van der Waals surface area contributed by atoms with Crippen molar-refractivity contribution in [3.63, 3.8) is 0 Å². The number of hydrogen-bond acceptors (Lipinski definition) is 2. The molecule has 2 aromatic rings. The van der Waals surface area contributed by atoms with Gasteiger partial charge in [0.25, 0.3) is 0 Å². The summed E-state index contributed by atoms with van der Waals surface area (Å²) < 4.78 is 0. The van der Waals surface area contributed by atoms with Crippen LogP contribution in [0.5, 0.6) is 0 Å². The summed E-state index contributed by atoms with van der Waals surface area (Å²) in [5.74, 6) is -1.05. The highest BCUT2D eigenvalue weighted by atomic mass is 16.2. The number of rotatable bonds is 5. The Hall–Kier alpha value is -2.62. The SMILES string of the molecule is CC(C)[C@@H](NC(=O)C(=O)N[C@@H](C)c1ccccc1)c1ccccc1. The summed E-state index contributed by atoms with van der Waals surface area (Å²) >= 11 is 0. The predicted molar refractivity (Wildman–Crippen MR) is 95.2 cm³/mol. The van der Waals surface area contributed by atoms with E-state index in [0.29, 0.717) is 0 Å². The number of nitrogens with one attached hydrogen (secondary N) is 2. The Bertz CT molecular complexity index is 669. The van der Waals surface area contributed by atoms with Gasteiger partial charge in [-0.3, -0.25) is 9.59 Å². The Kier molecular flexibility index (Phi) is 6.13. The van der Waals surface area contributed by atoms with Crippen molar-refractivity contribution in [2.24, 2.45) is 5.92 Å². The second-order valence-corrected chi connectivity index (χ2v) is 6.21. The van der Waals surface area contributed by atoms with E-state index in [4.69, 9.17) is 0 Å². The third-order valence-corrected chi connectivity index (χ3v) is 3.97. The summed E-state index contributed by atoms with van der Waals surface area (Å²) in [7, 11) is 0. The quantitative estimate of drug-likeness (QED) is 0.828. The van der Waals surface area contributed by atoms with Crippen molar-refractivity contribution in [1.29, 1.82) is 0 Å². The van der Waals surface area contributed by atoms with Gasteiger partial charge in [0.05, 0.1) is 12.1 Å². The lowest BCUT2D eigenvalue weighted by Crippen LogP contribution is -2.43. The molecular weight excluding hydrogens is 300 g/mol. The zero-order valence-corrected chi connectivity index (χ0v) is 14.3. The number of carbonyl (C=O) groups excluding carboxylic acids is 2. The van der Waals surface area contributed by atoms with Gasteiger partial charge in [0, 0.05) is 0 Å². The second kappa shape index (κ2) is 8.29. The van der Waals surface area contributed by atoms with Crippen molar-refractivity contribution in [2.75, 3.05) is 0 Å². The fraction of sp³-hybridized carbons (Fsp3) is 0.300. The maximum absolute atomic E-state index is 12.3. The monoisotopic (exact) mass is 324 g/mol. The number of hydrogen-bond donors (Lipinski definition) is 2. The van der Waals surface area contributed by atoms with Crippen LogP contribution in [-0.2, 0) is 9.59 Å². The molecule has 2 N–H and O–H groups in total. The molecule has 0 unspecified atom stereocenters. The van der Waals surface area contributed by atoms with Crippen LogP contribution in [0.2, 0.25) is 0 Å². The van der Waals surface area contributed by atoms with Gasteiger partial charge in [0.2, 0.25) is 0 Å². The van der Waals surface area contributed by atoms with E-state index in [1.165, 1.54) is 0 Å². The molecule has 0 aliphatic carbocycles. The Morgan fingerprint density at radius 2 is 1.17 bits per heavy atom. The lowest BCUT2D eigenvalue weighted by molar-refractivity contribution is -0.140. The highest BCUT2D eigenvalue weighted by Crippen LogP contribution is 2.21. The summed E-state index contributed by atoms with van der Waals surface area (Å²) in [5.41, 5.74) is 1.95. The molecule has 0 aliphatic heterocycles. The van der Waals surface area contributed by atoms with Gasteiger partial charge in [-0.15, -0.1) is 0 Å². The molecule has 0 aromatic heterocycles. The molecule has 2 amide bonds. The fourth-order valence-electron chi connectivity index (χ4n) is 2.59. The molecule has 24 heavy (non-hydrogen) atoms. The van der Waals surface area contributed by atoms with E-state index < -0.39 is 11.8 Å². The van der Waals surface area contributed by atoms with Crippen LogP contribution in [0.4, 0.5) is 0 Å². The van der Waals surface area contributed by atoms with Gasteiger partial charge in [0.15, 0.2) is 0 Å². The first kappa shape index (κ1) is 17.7. The molecule has 4 nitrogen and oxygen atoms in total. The van der Waals surface area contributed by atoms with E-state index >= 15 is 0 Å². The fourth-order valence-corrected chi connectivity index (χ4v) is 2.59. The Balaban J connectivity index is 2.01. The predicted octanol–water partition coefficient (Wildman–Crippen LogP) is 3.38. The van der Waals surface area contributed by atoms with Crippen molar-refractivity contribution >= 4 is 11.8 Å². The molecule has 2 atom stereocenters. The Labute approximate surface area is 143 Å². The van der Waals surface area contributed by atoms with E-state index in [2.05, 4.69) is 10.6 Å². The van der Waals surface area contributed by atoms with E-state index in [1.807, 2.05) is 81.4 Å². The molecule has 0 heterocycles. The molecule has 0 spiro atoms. The van der Waals surface area contributed by atoms with Gasteiger partial charge in [0.1, 0.15) is 0 Å². The molecule has 0 bridgehead atoms. The van der Waals surface area contributed by atoms with Crippen LogP contribution in [0, 0.1) is 5.92 Å². The van der Waals surface area contributed by atoms with Crippen molar-refractivity contribution in [3.05, 3.63) is 71.8 Å². The summed E-state index contributed by atoms with van der Waals surface area (Å²) in [6.07, 6.45) is 0. The summed E-state index contributed by atoms with van der Waals surface area (Å²) in [6, 6.07) is 18.8. The van der Waals surface area contributed by atoms with Crippen LogP contribution in [0.1, 0.15) is 44.0 Å². The molecule has 0 aliphatic rings. The normalized spacial score (nSPS) is 13.2. The number of amides is 2. The first-order chi connectivity index (χ1) is 11.5. The minimum absolute atomic E-state index is 0.177. The zero-order valence-electron chi connectivity index (χ0n) is 14.3. The maximum atomic E-state index is 12.3. The number of benzene rings is 2. The topological polar surface area (TPSA) is 58.2 Å². The van der Waals surface area contributed by atoms with Gasteiger partial charge in [-0.05, 0) is 24.0 Å². The van der Waals surface area contributed by atoms with Crippen molar-refractivity contribution < 1.29 is 9.59 Å². The average molecular weight is 324 g/mol. The molecular formula is C20H24N2O2. The van der Waals surface area contributed by atoms with Crippen LogP contribution < -0.4 is 10.6 Å². The van der Waals surface area contributed by atoms with Crippen LogP contribution in [0.15, 0.2) is 60.7 Å². The van der Waals surface area contributed by atoms with Crippen LogP contribution in [-0.4, -0.2) is 11.8 Å². The van der Waals surface area contributed by atoms with Crippen molar-refractivity contribution in [1.82, 2.24) is 10.6 Å². The average Bonchev–Trinajstić information content (AvgIpc) is 2.60. The third kappa shape index (κ3) is 4.69. The lowest BCUT2D eigenvalue weighted by atomic mass is 9.96. The Morgan fingerprint density at radius 1 is 0.708 bits per heavy atom. The molecule has 2 aromatic carbocycles. The first-order valence-electron chi connectivity index (χ1n) is 8.20. The Morgan fingerprint density at radius 3 is 1.67 bits per heavy atom. The zero-order chi connectivity index (χ0) is 17.5. The summed E-state index contributed by atoms with van der Waals surface area (Å²) in [6.45, 7) is 5.89. The molecule has 2 rings (SSSR count). The van der Waals surface area contributed by atoms with E-state index in [-0.39, 0.29) is 18.0 Å². The minimum atomic E-state index is -0.618. The largest absolute Gasteiger partial charge is 0.341 e. The van der Waals surface area contributed by atoms with Gasteiger partial charge in [-0.2, -0.15) is 0 Å². The van der Waals surface area contributed by atoms with Crippen molar-refractivity contribution in [2.45, 2.75) is 32.9 Å². The number of carbonyl (C=O) groups is 2. The maximum Gasteiger partial charge on any atom is 0.309 e. The van der Waals surface area contributed by atoms with E-state index in [0.717, 1.165) is 11.1 Å². The molecule has 0 fully saturated rings. The molecule has 0 saturated carbocycles. The molecule has 0 radical (unpaired) electrons. The van der Waals surface area contributed by atoms with E-state index in [1.54, 1.807) is 0 Å².